The predicted molar refractivity (Wildman–Crippen MR) is 91.5 cm³/mol. The highest BCUT2D eigenvalue weighted by Crippen LogP contribution is 2.39. The maximum atomic E-state index is 14.2. The predicted octanol–water partition coefficient (Wildman–Crippen LogP) is 2.85. The second-order valence-corrected chi connectivity index (χ2v) is 6.17. The number of halogens is 1. The van der Waals surface area contributed by atoms with Crippen molar-refractivity contribution in [2.24, 2.45) is 0 Å². The fourth-order valence-electron chi connectivity index (χ4n) is 3.49. The monoisotopic (exact) mass is 351 g/mol. The van der Waals surface area contributed by atoms with Gasteiger partial charge in [-0.3, -0.25) is 9.59 Å². The summed E-state index contributed by atoms with van der Waals surface area (Å²) in [5.41, 5.74) is 0.714. The van der Waals surface area contributed by atoms with Crippen LogP contribution in [0.1, 0.15) is 50.7 Å². The number of hydrogen-bond donors (Lipinski definition) is 1. The Morgan fingerprint density at radius 1 is 1.20 bits per heavy atom. The molecule has 0 aliphatic heterocycles. The minimum atomic E-state index is -0.714. The van der Waals surface area contributed by atoms with E-state index < -0.39 is 5.54 Å². The maximum Gasteiger partial charge on any atom is 0.308 e. The van der Waals surface area contributed by atoms with Crippen molar-refractivity contribution in [3.63, 3.8) is 0 Å². The number of carbonyl (C=O) groups excluding carboxylic acids is 2. The first-order valence-electron chi connectivity index (χ1n) is 8.86. The Morgan fingerprint density at radius 3 is 2.64 bits per heavy atom. The van der Waals surface area contributed by atoms with Crippen LogP contribution in [0.4, 0.5) is 4.39 Å². The molecule has 6 heteroatoms. The van der Waals surface area contributed by atoms with Gasteiger partial charge < -0.3 is 14.8 Å². The van der Waals surface area contributed by atoms with E-state index in [9.17, 15) is 14.0 Å². The van der Waals surface area contributed by atoms with Crippen molar-refractivity contribution < 1.29 is 23.5 Å². The fraction of sp³-hybridized carbons (Fsp3) is 0.579. The molecule has 1 aliphatic carbocycles. The largest absolute Gasteiger partial charge is 0.466 e. The van der Waals surface area contributed by atoms with Crippen molar-refractivity contribution in [2.75, 3.05) is 19.8 Å². The van der Waals surface area contributed by atoms with Crippen LogP contribution in [0.2, 0.25) is 0 Å². The molecule has 0 saturated heterocycles. The SMILES string of the molecule is CCOC(=O)CCNC1(CC(=O)OCC)CCCc2c(F)cccc21. The zero-order valence-electron chi connectivity index (χ0n) is 14.9. The van der Waals surface area contributed by atoms with Gasteiger partial charge in [0, 0.05) is 6.54 Å². The number of ether oxygens (including phenoxy) is 2. The standard InChI is InChI=1S/C19H26FNO4/c1-3-24-17(22)10-12-21-19(13-18(23)25-4-2)11-6-7-14-15(19)8-5-9-16(14)20/h5,8-9,21H,3-4,6-7,10-13H2,1-2H3. The lowest BCUT2D eigenvalue weighted by Gasteiger charge is -2.39. The van der Waals surface area contributed by atoms with Crippen LogP contribution in [-0.2, 0) is 31.0 Å². The highest BCUT2D eigenvalue weighted by Gasteiger charge is 2.39. The number of hydrogen-bond acceptors (Lipinski definition) is 5. The lowest BCUT2D eigenvalue weighted by Crippen LogP contribution is -2.47. The van der Waals surface area contributed by atoms with E-state index in [1.165, 1.54) is 6.07 Å². The van der Waals surface area contributed by atoms with E-state index >= 15 is 0 Å². The van der Waals surface area contributed by atoms with E-state index in [-0.39, 0.29) is 30.6 Å². The van der Waals surface area contributed by atoms with Crippen LogP contribution >= 0.6 is 0 Å². The van der Waals surface area contributed by atoms with Crippen molar-refractivity contribution in [2.45, 2.75) is 51.5 Å². The minimum Gasteiger partial charge on any atom is -0.466 e. The van der Waals surface area contributed by atoms with Gasteiger partial charge in [0.1, 0.15) is 5.82 Å². The van der Waals surface area contributed by atoms with Crippen LogP contribution in [-0.4, -0.2) is 31.7 Å². The molecule has 138 valence electrons. The summed E-state index contributed by atoms with van der Waals surface area (Å²) in [5, 5.41) is 3.33. The summed E-state index contributed by atoms with van der Waals surface area (Å²) in [6, 6.07) is 4.96. The summed E-state index contributed by atoms with van der Waals surface area (Å²) in [7, 11) is 0. The highest BCUT2D eigenvalue weighted by atomic mass is 19.1. The average Bonchev–Trinajstić information content (AvgIpc) is 2.56. The summed E-state index contributed by atoms with van der Waals surface area (Å²) in [6.07, 6.45) is 2.40. The van der Waals surface area contributed by atoms with E-state index in [0.29, 0.717) is 38.2 Å². The first-order valence-corrected chi connectivity index (χ1v) is 8.86. The van der Waals surface area contributed by atoms with Crippen molar-refractivity contribution in [1.82, 2.24) is 5.32 Å². The minimum absolute atomic E-state index is 0.111. The zero-order valence-corrected chi connectivity index (χ0v) is 14.9. The second-order valence-electron chi connectivity index (χ2n) is 6.17. The van der Waals surface area contributed by atoms with Gasteiger partial charge in [-0.25, -0.2) is 4.39 Å². The van der Waals surface area contributed by atoms with Gasteiger partial charge in [-0.15, -0.1) is 0 Å². The number of esters is 2. The van der Waals surface area contributed by atoms with Crippen LogP contribution in [0.15, 0.2) is 18.2 Å². The molecule has 1 aromatic carbocycles. The quantitative estimate of drug-likeness (QED) is 0.730. The molecule has 0 spiro atoms. The Labute approximate surface area is 147 Å². The molecule has 0 amide bonds. The third-order valence-corrected chi connectivity index (χ3v) is 4.51. The Kier molecular flexibility index (Phi) is 6.93. The number of fused-ring (bicyclic) bond motifs is 1. The van der Waals surface area contributed by atoms with E-state index in [4.69, 9.17) is 9.47 Å². The Morgan fingerprint density at radius 2 is 1.92 bits per heavy atom. The zero-order chi connectivity index (χ0) is 18.3. The van der Waals surface area contributed by atoms with Crippen LogP contribution in [0, 0.1) is 5.82 Å². The van der Waals surface area contributed by atoms with Crippen LogP contribution in [0.25, 0.3) is 0 Å². The summed E-state index contributed by atoms with van der Waals surface area (Å²) in [5.74, 6) is -0.877. The van der Waals surface area contributed by atoms with Gasteiger partial charge in [0.2, 0.25) is 0 Å². The molecule has 1 aliphatic rings. The van der Waals surface area contributed by atoms with Crippen molar-refractivity contribution >= 4 is 11.9 Å². The molecular weight excluding hydrogens is 325 g/mol. The van der Waals surface area contributed by atoms with E-state index in [0.717, 1.165) is 12.0 Å². The molecule has 0 aromatic heterocycles. The maximum absolute atomic E-state index is 14.2. The number of benzene rings is 1. The molecule has 0 fully saturated rings. The van der Waals surface area contributed by atoms with Crippen molar-refractivity contribution in [3.05, 3.63) is 35.1 Å². The highest BCUT2D eigenvalue weighted by molar-refractivity contribution is 5.72. The van der Waals surface area contributed by atoms with Gasteiger partial charge in [0.15, 0.2) is 0 Å². The number of nitrogens with one attached hydrogen (secondary N) is 1. The van der Waals surface area contributed by atoms with Crippen LogP contribution < -0.4 is 5.32 Å². The molecule has 1 unspecified atom stereocenters. The molecule has 5 nitrogen and oxygen atoms in total. The third-order valence-electron chi connectivity index (χ3n) is 4.51. The van der Waals surface area contributed by atoms with E-state index in [1.54, 1.807) is 19.9 Å². The van der Waals surface area contributed by atoms with Crippen molar-refractivity contribution in [3.8, 4) is 0 Å². The lowest BCUT2D eigenvalue weighted by molar-refractivity contribution is -0.145. The molecule has 2 rings (SSSR count). The van der Waals surface area contributed by atoms with Gasteiger partial charge in [-0.1, -0.05) is 12.1 Å². The molecule has 25 heavy (non-hydrogen) atoms. The molecular formula is C19H26FNO4. The number of carbonyl (C=O) groups is 2. The van der Waals surface area contributed by atoms with Gasteiger partial charge in [-0.05, 0) is 50.3 Å². The van der Waals surface area contributed by atoms with Gasteiger partial charge >= 0.3 is 11.9 Å². The summed E-state index contributed by atoms with van der Waals surface area (Å²) < 4.78 is 24.3. The van der Waals surface area contributed by atoms with Crippen molar-refractivity contribution in [1.29, 1.82) is 0 Å². The summed E-state index contributed by atoms with van der Waals surface area (Å²) in [4.78, 5) is 23.8. The van der Waals surface area contributed by atoms with Crippen LogP contribution in [0.3, 0.4) is 0 Å². The normalized spacial score (nSPS) is 19.2. The topological polar surface area (TPSA) is 64.6 Å². The second kappa shape index (κ2) is 8.94. The third kappa shape index (κ3) is 4.78. The first kappa shape index (κ1) is 19.4. The number of rotatable bonds is 8. The Bertz CT molecular complexity index is 619. The molecule has 1 atom stereocenters. The van der Waals surface area contributed by atoms with E-state index in [1.807, 2.05) is 6.07 Å². The smallest absolute Gasteiger partial charge is 0.308 e. The molecule has 0 bridgehead atoms. The Balaban J connectivity index is 2.24. The average molecular weight is 351 g/mol. The van der Waals surface area contributed by atoms with Gasteiger partial charge in [0.05, 0.1) is 31.6 Å². The van der Waals surface area contributed by atoms with Gasteiger partial charge in [0.25, 0.3) is 0 Å². The Hall–Kier alpha value is -1.95. The molecule has 1 N–H and O–H groups in total. The molecule has 1 aromatic rings. The van der Waals surface area contributed by atoms with E-state index in [2.05, 4.69) is 5.32 Å². The molecule has 0 radical (unpaired) electrons. The summed E-state index contributed by atoms with van der Waals surface area (Å²) >= 11 is 0. The molecule has 0 heterocycles. The summed E-state index contributed by atoms with van der Waals surface area (Å²) in [6.45, 7) is 4.50. The van der Waals surface area contributed by atoms with Gasteiger partial charge in [-0.2, -0.15) is 0 Å². The fourth-order valence-corrected chi connectivity index (χ4v) is 3.49. The van der Waals surface area contributed by atoms with Crippen LogP contribution in [0.5, 0.6) is 0 Å². The molecule has 0 saturated carbocycles. The first-order chi connectivity index (χ1) is 12.0. The lowest BCUT2D eigenvalue weighted by atomic mass is 9.74.